The van der Waals surface area contributed by atoms with E-state index in [1.54, 1.807) is 0 Å². The number of aryl methyl sites for hydroxylation is 2. The fourth-order valence-corrected chi connectivity index (χ4v) is 2.66. The van der Waals surface area contributed by atoms with E-state index in [9.17, 15) is 5.11 Å². The molecule has 0 amide bonds. The van der Waals surface area contributed by atoms with Crippen LogP contribution in [0, 0.1) is 6.92 Å². The molecule has 96 valence electrons. The normalized spacial score (nSPS) is 19.6. The molecule has 0 fully saturated rings. The van der Waals surface area contributed by atoms with Crippen LogP contribution in [0.15, 0.2) is 23.0 Å². The topological polar surface area (TPSA) is 51.2 Å². The van der Waals surface area contributed by atoms with Gasteiger partial charge < -0.3 is 14.2 Å². The molecule has 4 heteroatoms. The highest BCUT2D eigenvalue weighted by atomic mass is 16.5. The lowest BCUT2D eigenvalue weighted by atomic mass is 10.1. The number of hydrogen-bond donors (Lipinski definition) is 1. The lowest BCUT2D eigenvalue weighted by Crippen LogP contribution is -1.98. The molecule has 1 aliphatic carbocycles. The van der Waals surface area contributed by atoms with Crippen LogP contribution in [-0.4, -0.2) is 14.8 Å². The smallest absolute Gasteiger partial charge is 0.133 e. The van der Waals surface area contributed by atoms with Crippen molar-refractivity contribution in [1.29, 1.82) is 0 Å². The summed E-state index contributed by atoms with van der Waals surface area (Å²) < 4.78 is 7.16. The molecule has 0 radical (unpaired) electrons. The van der Waals surface area contributed by atoms with Gasteiger partial charge in [-0.25, -0.2) is 0 Å². The van der Waals surface area contributed by atoms with Crippen molar-refractivity contribution in [3.05, 3.63) is 41.0 Å². The quantitative estimate of drug-likeness (QED) is 0.829. The van der Waals surface area contributed by atoms with Gasteiger partial charge in [0.1, 0.15) is 11.5 Å². The number of aromatic nitrogens is 2. The lowest BCUT2D eigenvalue weighted by molar-refractivity contribution is 0.166. The van der Waals surface area contributed by atoms with Gasteiger partial charge in [0.25, 0.3) is 0 Å². The first kappa shape index (κ1) is 11.5. The molecule has 18 heavy (non-hydrogen) atoms. The van der Waals surface area contributed by atoms with E-state index in [2.05, 4.69) is 22.1 Å². The zero-order valence-electron chi connectivity index (χ0n) is 10.6. The van der Waals surface area contributed by atoms with Gasteiger partial charge in [0, 0.05) is 24.0 Å². The average Bonchev–Trinajstić information content (AvgIpc) is 2.88. The van der Waals surface area contributed by atoms with Gasteiger partial charge in [0.15, 0.2) is 0 Å². The molecule has 1 atom stereocenters. The summed E-state index contributed by atoms with van der Waals surface area (Å²) in [5.41, 5.74) is 3.29. The Morgan fingerprint density at radius 1 is 1.44 bits per heavy atom. The van der Waals surface area contributed by atoms with E-state index in [1.807, 2.05) is 13.0 Å². The van der Waals surface area contributed by atoms with Crippen LogP contribution >= 0.6 is 0 Å². The second kappa shape index (κ2) is 4.61. The lowest BCUT2D eigenvalue weighted by Gasteiger charge is -2.06. The maximum atomic E-state index is 10.1. The number of aliphatic hydroxyl groups is 1. The van der Waals surface area contributed by atoms with E-state index >= 15 is 0 Å². The average molecular weight is 246 g/mol. The number of fused-ring (bicyclic) bond motifs is 1. The predicted molar refractivity (Wildman–Crippen MR) is 67.3 cm³/mol. The van der Waals surface area contributed by atoms with Crippen molar-refractivity contribution in [2.24, 2.45) is 0 Å². The molecular formula is C14H18N2O2. The second-order valence-corrected chi connectivity index (χ2v) is 5.10. The molecule has 0 bridgehead atoms. The zero-order valence-corrected chi connectivity index (χ0v) is 10.6. The molecule has 0 saturated heterocycles. The monoisotopic (exact) mass is 246 g/mol. The number of nitrogens with zero attached hydrogens (tertiary/aromatic N) is 2. The van der Waals surface area contributed by atoms with Crippen molar-refractivity contribution >= 4 is 0 Å². The summed E-state index contributed by atoms with van der Waals surface area (Å²) in [5.74, 6) is 0.832. The van der Waals surface area contributed by atoms with Gasteiger partial charge in [0.05, 0.1) is 12.6 Å². The van der Waals surface area contributed by atoms with Crippen LogP contribution < -0.4 is 0 Å². The third kappa shape index (κ3) is 2.20. The van der Waals surface area contributed by atoms with Crippen molar-refractivity contribution in [2.75, 3.05) is 0 Å². The zero-order chi connectivity index (χ0) is 12.5. The number of rotatable bonds is 2. The van der Waals surface area contributed by atoms with Gasteiger partial charge in [-0.05, 0) is 31.7 Å². The van der Waals surface area contributed by atoms with Crippen LogP contribution in [0.5, 0.6) is 0 Å². The van der Waals surface area contributed by atoms with Crippen molar-refractivity contribution < 1.29 is 9.63 Å². The fraction of sp³-hybridized carbons (Fsp3) is 0.500. The Hall–Kier alpha value is -1.55. The summed E-state index contributed by atoms with van der Waals surface area (Å²) in [6, 6.07) is 1.95. The summed E-state index contributed by atoms with van der Waals surface area (Å²) in [6.45, 7) is 2.60. The largest absolute Gasteiger partial charge is 0.388 e. The van der Waals surface area contributed by atoms with E-state index in [1.165, 1.54) is 5.56 Å². The molecular weight excluding hydrogens is 228 g/mol. The van der Waals surface area contributed by atoms with E-state index in [4.69, 9.17) is 4.52 Å². The van der Waals surface area contributed by atoms with Crippen molar-refractivity contribution in [3.8, 4) is 0 Å². The Morgan fingerprint density at radius 3 is 3.11 bits per heavy atom. The molecule has 0 saturated carbocycles. The molecule has 1 N–H and O–H groups in total. The standard InChI is InChI=1S/C14H18N2O2/c1-10-6-12(15-18-10)8-16-7-11-4-2-3-5-14(17)13(11)9-16/h6-7,9,14,17H,2-5,8H2,1H3. The van der Waals surface area contributed by atoms with Crippen LogP contribution in [0.1, 0.15) is 47.9 Å². The van der Waals surface area contributed by atoms with Gasteiger partial charge in [-0.3, -0.25) is 0 Å². The molecule has 0 aliphatic heterocycles. The third-order valence-corrected chi connectivity index (χ3v) is 3.55. The van der Waals surface area contributed by atoms with Gasteiger partial charge in [0.2, 0.25) is 0 Å². The highest BCUT2D eigenvalue weighted by molar-refractivity contribution is 5.28. The Bertz CT molecular complexity index is 542. The van der Waals surface area contributed by atoms with Crippen molar-refractivity contribution in [2.45, 2.75) is 45.3 Å². The molecule has 1 aliphatic rings. The van der Waals surface area contributed by atoms with Crippen LogP contribution in [0.4, 0.5) is 0 Å². The Kier molecular flexibility index (Phi) is 2.96. The van der Waals surface area contributed by atoms with E-state index < -0.39 is 0 Å². The molecule has 0 aromatic carbocycles. The minimum Gasteiger partial charge on any atom is -0.388 e. The molecule has 4 nitrogen and oxygen atoms in total. The van der Waals surface area contributed by atoms with Gasteiger partial charge >= 0.3 is 0 Å². The van der Waals surface area contributed by atoms with Gasteiger partial charge in [-0.15, -0.1) is 0 Å². The summed E-state index contributed by atoms with van der Waals surface area (Å²) in [4.78, 5) is 0. The summed E-state index contributed by atoms with van der Waals surface area (Å²) in [5, 5.41) is 14.1. The summed E-state index contributed by atoms with van der Waals surface area (Å²) in [6.07, 6.45) is 8.10. The Morgan fingerprint density at radius 2 is 2.33 bits per heavy atom. The third-order valence-electron chi connectivity index (χ3n) is 3.55. The fourth-order valence-electron chi connectivity index (χ4n) is 2.66. The van der Waals surface area contributed by atoms with Gasteiger partial charge in [-0.1, -0.05) is 11.6 Å². The highest BCUT2D eigenvalue weighted by Crippen LogP contribution is 2.29. The molecule has 3 rings (SSSR count). The molecule has 2 aromatic rings. The first-order chi connectivity index (χ1) is 8.72. The highest BCUT2D eigenvalue weighted by Gasteiger charge is 2.18. The van der Waals surface area contributed by atoms with E-state index in [0.29, 0.717) is 6.54 Å². The van der Waals surface area contributed by atoms with Gasteiger partial charge in [-0.2, -0.15) is 0 Å². The molecule has 1 unspecified atom stereocenters. The Labute approximate surface area is 106 Å². The minimum atomic E-state index is -0.303. The van der Waals surface area contributed by atoms with Crippen LogP contribution in [-0.2, 0) is 13.0 Å². The summed E-state index contributed by atoms with van der Waals surface area (Å²) >= 11 is 0. The van der Waals surface area contributed by atoms with Crippen LogP contribution in [0.3, 0.4) is 0 Å². The number of aliphatic hydroxyl groups excluding tert-OH is 1. The SMILES string of the molecule is Cc1cc(Cn2cc3c(c2)C(O)CCCC3)no1. The van der Waals surface area contributed by atoms with Crippen LogP contribution in [0.25, 0.3) is 0 Å². The number of hydrogen-bond acceptors (Lipinski definition) is 3. The van der Waals surface area contributed by atoms with Crippen LogP contribution in [0.2, 0.25) is 0 Å². The maximum absolute atomic E-state index is 10.1. The first-order valence-electron chi connectivity index (χ1n) is 6.51. The first-order valence-corrected chi connectivity index (χ1v) is 6.51. The molecule has 2 aromatic heterocycles. The van der Waals surface area contributed by atoms with Crippen molar-refractivity contribution in [1.82, 2.24) is 9.72 Å². The second-order valence-electron chi connectivity index (χ2n) is 5.10. The minimum absolute atomic E-state index is 0.303. The summed E-state index contributed by atoms with van der Waals surface area (Å²) in [7, 11) is 0. The molecule has 0 spiro atoms. The predicted octanol–water partition coefficient (Wildman–Crippen LogP) is 2.59. The van der Waals surface area contributed by atoms with Crippen molar-refractivity contribution in [3.63, 3.8) is 0 Å². The van der Waals surface area contributed by atoms with E-state index in [-0.39, 0.29) is 6.10 Å². The maximum Gasteiger partial charge on any atom is 0.133 e. The molecule has 2 heterocycles. The Balaban J connectivity index is 1.84. The van der Waals surface area contributed by atoms with E-state index in [0.717, 1.165) is 42.7 Å².